The Labute approximate surface area is 143 Å². The van der Waals surface area contributed by atoms with Crippen molar-refractivity contribution in [1.29, 1.82) is 0 Å². The van der Waals surface area contributed by atoms with E-state index in [0.29, 0.717) is 13.5 Å². The van der Waals surface area contributed by atoms with Crippen LogP contribution in [0.5, 0.6) is 0 Å². The van der Waals surface area contributed by atoms with Gasteiger partial charge >= 0.3 is 17.9 Å². The average molecular weight is 387 g/mol. The molecule has 0 heterocycles. The van der Waals surface area contributed by atoms with Gasteiger partial charge < -0.3 is 9.84 Å². The van der Waals surface area contributed by atoms with E-state index in [-0.39, 0.29) is 24.5 Å². The normalized spacial score (nSPS) is 31.0. The van der Waals surface area contributed by atoms with Crippen LogP contribution in [0.25, 0.3) is 0 Å². The van der Waals surface area contributed by atoms with Crippen molar-refractivity contribution >= 4 is 21.8 Å². The van der Waals surface area contributed by atoms with Crippen molar-refractivity contribution in [3.05, 3.63) is 0 Å². The second-order valence-electron chi connectivity index (χ2n) is 7.23. The van der Waals surface area contributed by atoms with Crippen LogP contribution in [-0.2, 0) is 24.3 Å². The first-order chi connectivity index (χ1) is 11.1. The zero-order valence-electron chi connectivity index (χ0n) is 13.9. The zero-order valence-corrected chi connectivity index (χ0v) is 14.8. The summed E-state index contributed by atoms with van der Waals surface area (Å²) in [5, 5.41) is 9.61. The summed E-state index contributed by atoms with van der Waals surface area (Å²) < 4.78 is 68.7. The van der Waals surface area contributed by atoms with Crippen LogP contribution in [0.4, 0.5) is 13.2 Å². The van der Waals surface area contributed by atoms with Crippen molar-refractivity contribution in [1.82, 2.24) is 4.72 Å². The van der Waals surface area contributed by atoms with Gasteiger partial charge in [0, 0.05) is 11.8 Å². The molecule has 0 aromatic rings. The number of rotatable bonds is 5. The lowest BCUT2D eigenvalue weighted by Crippen LogP contribution is -2.65. The van der Waals surface area contributed by atoms with Crippen molar-refractivity contribution in [2.24, 2.45) is 16.7 Å². The molecule has 0 amide bonds. The number of halogens is 3. The number of nitrogens with one attached hydrogen (secondary N) is 1. The molecule has 2 N–H and O–H groups in total. The fourth-order valence-electron chi connectivity index (χ4n) is 4.06. The first-order valence-electron chi connectivity index (χ1n) is 7.55. The second-order valence-corrected chi connectivity index (χ2v) is 8.95. The standard InChI is InChI=1S/C14H20F3NO6S/c1-11(2)8-4-5-12(11,9(19)6-8)7-25(22,23)18-13(21,10(20)24-3)14(15,16)17/h8,18,21H,4-7H2,1-3H3. The number of ether oxygens (including phenoxy) is 1. The van der Waals surface area contributed by atoms with E-state index in [1.165, 1.54) is 0 Å². The van der Waals surface area contributed by atoms with E-state index in [1.54, 1.807) is 13.8 Å². The molecule has 2 bridgehead atoms. The number of carbonyl (C=O) groups is 2. The van der Waals surface area contributed by atoms with E-state index in [9.17, 15) is 36.3 Å². The maximum Gasteiger partial charge on any atom is 0.443 e. The van der Waals surface area contributed by atoms with Gasteiger partial charge in [-0.3, -0.25) is 4.79 Å². The summed E-state index contributed by atoms with van der Waals surface area (Å²) in [5.41, 5.74) is -6.46. The fraction of sp³-hybridized carbons (Fsp3) is 0.857. The van der Waals surface area contributed by atoms with Crippen LogP contribution in [0.2, 0.25) is 0 Å². The molecule has 0 aromatic heterocycles. The highest BCUT2D eigenvalue weighted by atomic mass is 32.2. The minimum atomic E-state index is -5.64. The Kier molecular flexibility index (Phi) is 4.54. The van der Waals surface area contributed by atoms with Crippen molar-refractivity contribution in [3.63, 3.8) is 0 Å². The number of alkyl halides is 3. The lowest BCUT2D eigenvalue weighted by Gasteiger charge is -2.37. The van der Waals surface area contributed by atoms with Crippen LogP contribution in [0.1, 0.15) is 33.1 Å². The van der Waals surface area contributed by atoms with Gasteiger partial charge in [-0.05, 0) is 24.2 Å². The number of aliphatic hydroxyl groups is 1. The highest BCUT2D eigenvalue weighted by Crippen LogP contribution is 2.64. The molecule has 0 aromatic carbocycles. The van der Waals surface area contributed by atoms with Crippen LogP contribution in [0.3, 0.4) is 0 Å². The summed E-state index contributed by atoms with van der Waals surface area (Å²) in [4.78, 5) is 23.7. The van der Waals surface area contributed by atoms with Gasteiger partial charge in [0.2, 0.25) is 10.0 Å². The zero-order chi connectivity index (χ0) is 19.5. The minimum Gasteiger partial charge on any atom is -0.466 e. The van der Waals surface area contributed by atoms with E-state index in [2.05, 4.69) is 4.74 Å². The summed E-state index contributed by atoms with van der Waals surface area (Å²) in [6, 6.07) is 0. The quantitative estimate of drug-likeness (QED) is 0.532. The molecule has 0 spiro atoms. The number of methoxy groups -OCH3 is 1. The van der Waals surface area contributed by atoms with Crippen LogP contribution in [-0.4, -0.2) is 50.0 Å². The van der Waals surface area contributed by atoms with E-state index >= 15 is 0 Å². The van der Waals surface area contributed by atoms with Crippen LogP contribution >= 0.6 is 0 Å². The fourth-order valence-corrected chi connectivity index (χ4v) is 6.10. The number of esters is 1. The van der Waals surface area contributed by atoms with Gasteiger partial charge in [0.25, 0.3) is 0 Å². The Morgan fingerprint density at radius 1 is 1.40 bits per heavy atom. The summed E-state index contributed by atoms with van der Waals surface area (Å²) in [5.74, 6) is -3.51. The molecule has 3 unspecified atom stereocenters. The lowest BCUT2D eigenvalue weighted by molar-refractivity contribution is -0.265. The maximum absolute atomic E-state index is 13.1. The summed E-state index contributed by atoms with van der Waals surface area (Å²) in [6.45, 7) is 3.42. The molecule has 144 valence electrons. The Hall–Kier alpha value is -1.20. The summed E-state index contributed by atoms with van der Waals surface area (Å²) in [7, 11) is -4.27. The van der Waals surface area contributed by atoms with Crippen LogP contribution < -0.4 is 4.72 Å². The maximum atomic E-state index is 13.1. The van der Waals surface area contributed by atoms with E-state index in [0.717, 1.165) is 4.72 Å². The molecule has 0 aliphatic heterocycles. The summed E-state index contributed by atoms with van der Waals surface area (Å²) >= 11 is 0. The molecule has 0 saturated heterocycles. The molecule has 3 atom stereocenters. The van der Waals surface area contributed by atoms with Gasteiger partial charge in [-0.15, -0.1) is 0 Å². The number of hydrogen-bond donors (Lipinski definition) is 2. The van der Waals surface area contributed by atoms with E-state index in [4.69, 9.17) is 0 Å². The second kappa shape index (κ2) is 5.65. The smallest absolute Gasteiger partial charge is 0.443 e. The number of carbonyl (C=O) groups excluding carboxylic acids is 2. The van der Waals surface area contributed by atoms with Crippen molar-refractivity contribution in [2.45, 2.75) is 45.0 Å². The van der Waals surface area contributed by atoms with Crippen LogP contribution in [0, 0.1) is 16.7 Å². The largest absolute Gasteiger partial charge is 0.466 e. The third-order valence-electron chi connectivity index (χ3n) is 5.77. The van der Waals surface area contributed by atoms with Gasteiger partial charge in [-0.2, -0.15) is 17.9 Å². The Balaban J connectivity index is 2.37. The molecular formula is C14H20F3NO6S. The monoisotopic (exact) mass is 387 g/mol. The summed E-state index contributed by atoms with van der Waals surface area (Å²) in [6.07, 6.45) is -4.65. The molecule has 2 saturated carbocycles. The number of ketones is 1. The number of fused-ring (bicyclic) bond motifs is 2. The molecule has 25 heavy (non-hydrogen) atoms. The van der Waals surface area contributed by atoms with Crippen LogP contribution in [0.15, 0.2) is 0 Å². The van der Waals surface area contributed by atoms with Crippen molar-refractivity contribution < 1.29 is 41.0 Å². The third-order valence-corrected chi connectivity index (χ3v) is 7.25. The molecule has 11 heteroatoms. The highest BCUT2D eigenvalue weighted by molar-refractivity contribution is 7.89. The van der Waals surface area contributed by atoms with E-state index < -0.39 is 44.5 Å². The minimum absolute atomic E-state index is 0.0442. The first-order valence-corrected chi connectivity index (χ1v) is 9.21. The SMILES string of the molecule is COC(=O)C(O)(NS(=O)(=O)CC12CCC(CC1=O)C2(C)C)C(F)(F)F. The Morgan fingerprint density at radius 3 is 2.32 bits per heavy atom. The van der Waals surface area contributed by atoms with Gasteiger partial charge in [0.1, 0.15) is 5.78 Å². The molecule has 0 radical (unpaired) electrons. The molecule has 7 nitrogen and oxygen atoms in total. The number of sulfonamides is 1. The predicted molar refractivity (Wildman–Crippen MR) is 78.5 cm³/mol. The van der Waals surface area contributed by atoms with Crippen molar-refractivity contribution in [3.8, 4) is 0 Å². The average Bonchev–Trinajstić information content (AvgIpc) is 2.78. The molecule has 2 fully saturated rings. The highest BCUT2D eigenvalue weighted by Gasteiger charge is 2.67. The van der Waals surface area contributed by atoms with Gasteiger partial charge in [-0.1, -0.05) is 13.8 Å². The number of hydrogen-bond acceptors (Lipinski definition) is 6. The molecule has 2 aliphatic rings. The van der Waals surface area contributed by atoms with E-state index in [1.807, 2.05) is 0 Å². The molecule has 2 rings (SSSR count). The van der Waals surface area contributed by atoms with Gasteiger partial charge in [-0.25, -0.2) is 13.2 Å². The van der Waals surface area contributed by atoms with Gasteiger partial charge in [0.05, 0.1) is 12.9 Å². The van der Waals surface area contributed by atoms with Gasteiger partial charge in [0.15, 0.2) is 0 Å². The Morgan fingerprint density at radius 2 is 1.96 bits per heavy atom. The first kappa shape index (κ1) is 20.1. The molecular weight excluding hydrogens is 367 g/mol. The number of Topliss-reactive ketones (excluding diaryl/α,β-unsaturated/α-hetero) is 1. The third kappa shape index (κ3) is 2.85. The predicted octanol–water partition coefficient (Wildman–Crippen LogP) is 0.725. The van der Waals surface area contributed by atoms with Crippen molar-refractivity contribution in [2.75, 3.05) is 12.9 Å². The Bertz CT molecular complexity index is 704. The molecule has 2 aliphatic carbocycles. The topological polar surface area (TPSA) is 110 Å². The lowest BCUT2D eigenvalue weighted by atomic mass is 9.70.